The molecule has 2 saturated carbocycles. The van der Waals surface area contributed by atoms with E-state index in [2.05, 4.69) is 0 Å². The highest BCUT2D eigenvalue weighted by atomic mass is 16.1. The first-order chi connectivity index (χ1) is 3.86. The molecule has 1 nitrogen and oxygen atoms in total. The van der Waals surface area contributed by atoms with Crippen LogP contribution in [0.4, 0.5) is 0 Å². The number of hydrogen-bond acceptors (Lipinski definition) is 1. The highest BCUT2D eigenvalue weighted by Gasteiger charge is 2.41. The predicted molar refractivity (Wildman–Crippen MR) is 30.5 cm³/mol. The number of hydrogen-bond donors (Lipinski definition) is 0. The molecule has 0 aromatic rings. The van der Waals surface area contributed by atoms with E-state index in [0.717, 1.165) is 24.7 Å². The van der Waals surface area contributed by atoms with Crippen LogP contribution >= 0.6 is 0 Å². The molecule has 0 amide bonds. The van der Waals surface area contributed by atoms with Gasteiger partial charge >= 0.3 is 0 Å². The fourth-order valence-corrected chi connectivity index (χ4v) is 1.65. The van der Waals surface area contributed by atoms with Crippen molar-refractivity contribution in [2.45, 2.75) is 25.7 Å². The maximum absolute atomic E-state index is 10.7. The van der Waals surface area contributed by atoms with Gasteiger partial charge in [0.2, 0.25) is 0 Å². The van der Waals surface area contributed by atoms with E-state index in [1.807, 2.05) is 0 Å². The van der Waals surface area contributed by atoms with Crippen LogP contribution in [0, 0.1) is 11.8 Å². The molecule has 0 heterocycles. The Kier molecular flexibility index (Phi) is 0.758. The molecule has 0 unspecified atom stereocenters. The van der Waals surface area contributed by atoms with E-state index in [1.54, 1.807) is 0 Å². The number of carbonyl (C=O) groups excluding carboxylic acids is 1. The molecular formula is C7H10O. The van der Waals surface area contributed by atoms with Gasteiger partial charge in [0.1, 0.15) is 5.78 Å². The maximum atomic E-state index is 10.7. The standard InChI is InChI=1S/C7H10O/c8-7-2-1-5-3-6(5)4-7/h5-6H,1-4H2/t5-,6-/m1/s1. The molecule has 8 heavy (non-hydrogen) atoms. The van der Waals surface area contributed by atoms with Gasteiger partial charge in [0.05, 0.1) is 0 Å². The van der Waals surface area contributed by atoms with Crippen LogP contribution in [0.2, 0.25) is 0 Å². The van der Waals surface area contributed by atoms with Gasteiger partial charge in [-0.25, -0.2) is 0 Å². The molecule has 2 fully saturated rings. The third kappa shape index (κ3) is 0.575. The molecule has 2 aliphatic rings. The van der Waals surface area contributed by atoms with Crippen molar-refractivity contribution in [3.8, 4) is 0 Å². The van der Waals surface area contributed by atoms with Gasteiger partial charge in [-0.1, -0.05) is 0 Å². The second-order valence-corrected chi connectivity index (χ2v) is 3.04. The normalized spacial score (nSPS) is 43.8. The van der Waals surface area contributed by atoms with Crippen LogP contribution in [0.25, 0.3) is 0 Å². The Balaban J connectivity index is 2.02. The molecule has 0 aromatic carbocycles. The second-order valence-electron chi connectivity index (χ2n) is 3.04. The summed E-state index contributed by atoms with van der Waals surface area (Å²) in [4.78, 5) is 10.7. The molecule has 0 aliphatic heterocycles. The van der Waals surface area contributed by atoms with E-state index >= 15 is 0 Å². The minimum absolute atomic E-state index is 0.503. The van der Waals surface area contributed by atoms with Crippen LogP contribution in [-0.2, 0) is 4.79 Å². The van der Waals surface area contributed by atoms with E-state index in [-0.39, 0.29) is 0 Å². The third-order valence-electron chi connectivity index (χ3n) is 2.35. The molecular weight excluding hydrogens is 100 g/mol. The zero-order valence-corrected chi connectivity index (χ0v) is 4.89. The van der Waals surface area contributed by atoms with Crippen molar-refractivity contribution in [2.75, 3.05) is 0 Å². The number of Topliss-reactive ketones (excluding diaryl/α,β-unsaturated/α-hetero) is 1. The minimum atomic E-state index is 0.503. The average molecular weight is 110 g/mol. The van der Waals surface area contributed by atoms with Gasteiger partial charge in [-0.05, 0) is 24.7 Å². The van der Waals surface area contributed by atoms with Gasteiger partial charge in [0.25, 0.3) is 0 Å². The Morgan fingerprint density at radius 1 is 1.38 bits per heavy atom. The molecule has 0 N–H and O–H groups in total. The predicted octanol–water partition coefficient (Wildman–Crippen LogP) is 1.38. The lowest BCUT2D eigenvalue weighted by Gasteiger charge is -2.04. The first kappa shape index (κ1) is 4.54. The van der Waals surface area contributed by atoms with Gasteiger partial charge in [-0.2, -0.15) is 0 Å². The van der Waals surface area contributed by atoms with Crippen molar-refractivity contribution >= 4 is 5.78 Å². The molecule has 2 aliphatic carbocycles. The van der Waals surface area contributed by atoms with E-state index in [4.69, 9.17) is 0 Å². The summed E-state index contributed by atoms with van der Waals surface area (Å²) in [5, 5.41) is 0. The number of carbonyl (C=O) groups is 1. The van der Waals surface area contributed by atoms with E-state index in [1.165, 1.54) is 12.8 Å². The lowest BCUT2D eigenvalue weighted by molar-refractivity contribution is -0.120. The highest BCUT2D eigenvalue weighted by molar-refractivity contribution is 5.80. The van der Waals surface area contributed by atoms with Crippen LogP contribution in [-0.4, -0.2) is 5.78 Å². The number of rotatable bonds is 0. The average Bonchev–Trinajstić information content (AvgIpc) is 2.43. The summed E-state index contributed by atoms with van der Waals surface area (Å²) < 4.78 is 0. The van der Waals surface area contributed by atoms with Crippen molar-refractivity contribution in [1.82, 2.24) is 0 Å². The molecule has 0 radical (unpaired) electrons. The summed E-state index contributed by atoms with van der Waals surface area (Å²) in [6, 6.07) is 0. The summed E-state index contributed by atoms with van der Waals surface area (Å²) in [5.74, 6) is 2.30. The highest BCUT2D eigenvalue weighted by Crippen LogP contribution is 2.47. The Labute approximate surface area is 49.1 Å². The zero-order chi connectivity index (χ0) is 5.56. The maximum Gasteiger partial charge on any atom is 0.133 e. The molecule has 0 aromatic heterocycles. The van der Waals surface area contributed by atoms with Crippen LogP contribution in [0.15, 0.2) is 0 Å². The zero-order valence-electron chi connectivity index (χ0n) is 4.89. The Morgan fingerprint density at radius 3 is 2.88 bits per heavy atom. The lowest BCUT2D eigenvalue weighted by atomic mass is 10.00. The van der Waals surface area contributed by atoms with Crippen LogP contribution in [0.1, 0.15) is 25.7 Å². The fraction of sp³-hybridized carbons (Fsp3) is 0.857. The van der Waals surface area contributed by atoms with Crippen molar-refractivity contribution in [3.63, 3.8) is 0 Å². The largest absolute Gasteiger partial charge is 0.300 e. The molecule has 1 heteroatoms. The molecule has 0 saturated heterocycles. The lowest BCUT2D eigenvalue weighted by Crippen LogP contribution is -2.05. The number of ketones is 1. The summed E-state index contributed by atoms with van der Waals surface area (Å²) in [7, 11) is 0. The topological polar surface area (TPSA) is 17.1 Å². The monoisotopic (exact) mass is 110 g/mol. The van der Waals surface area contributed by atoms with E-state index in [0.29, 0.717) is 5.78 Å². The molecule has 44 valence electrons. The second kappa shape index (κ2) is 1.34. The SMILES string of the molecule is O=C1CC[C@@H]2C[C@@H]2C1. The van der Waals surface area contributed by atoms with E-state index in [9.17, 15) is 4.79 Å². The van der Waals surface area contributed by atoms with Gasteiger partial charge in [0, 0.05) is 12.8 Å². The van der Waals surface area contributed by atoms with E-state index < -0.39 is 0 Å². The van der Waals surface area contributed by atoms with Crippen molar-refractivity contribution in [3.05, 3.63) is 0 Å². The summed E-state index contributed by atoms with van der Waals surface area (Å²) in [6.45, 7) is 0. The third-order valence-corrected chi connectivity index (χ3v) is 2.35. The van der Waals surface area contributed by atoms with Crippen LogP contribution < -0.4 is 0 Å². The number of fused-ring (bicyclic) bond motifs is 1. The smallest absolute Gasteiger partial charge is 0.133 e. The first-order valence-electron chi connectivity index (χ1n) is 3.38. The summed E-state index contributed by atoms with van der Waals surface area (Å²) in [5.41, 5.74) is 0. The first-order valence-corrected chi connectivity index (χ1v) is 3.38. The Hall–Kier alpha value is -0.330. The fourth-order valence-electron chi connectivity index (χ4n) is 1.65. The minimum Gasteiger partial charge on any atom is -0.300 e. The van der Waals surface area contributed by atoms with Crippen molar-refractivity contribution in [1.29, 1.82) is 0 Å². The Morgan fingerprint density at radius 2 is 2.25 bits per heavy atom. The molecule has 2 rings (SSSR count). The Bertz CT molecular complexity index is 128. The van der Waals surface area contributed by atoms with Gasteiger partial charge in [-0.15, -0.1) is 0 Å². The van der Waals surface area contributed by atoms with Gasteiger partial charge in [-0.3, -0.25) is 4.79 Å². The van der Waals surface area contributed by atoms with Gasteiger partial charge in [0.15, 0.2) is 0 Å². The molecule has 0 spiro atoms. The van der Waals surface area contributed by atoms with Crippen molar-refractivity contribution < 1.29 is 4.79 Å². The summed E-state index contributed by atoms with van der Waals surface area (Å²) >= 11 is 0. The molecule has 0 bridgehead atoms. The summed E-state index contributed by atoms with van der Waals surface area (Å²) in [6.07, 6.45) is 4.33. The van der Waals surface area contributed by atoms with Crippen molar-refractivity contribution in [2.24, 2.45) is 11.8 Å². The van der Waals surface area contributed by atoms with Gasteiger partial charge < -0.3 is 0 Å². The molecule has 2 atom stereocenters. The van der Waals surface area contributed by atoms with Crippen LogP contribution in [0.5, 0.6) is 0 Å². The van der Waals surface area contributed by atoms with Crippen LogP contribution in [0.3, 0.4) is 0 Å². The quantitative estimate of drug-likeness (QED) is 0.460.